The van der Waals surface area contributed by atoms with Crippen LogP contribution in [0.2, 0.25) is 10.0 Å². The Bertz CT molecular complexity index is 914. The van der Waals surface area contributed by atoms with Crippen LogP contribution in [0.5, 0.6) is 0 Å². The molecule has 0 unspecified atom stereocenters. The lowest BCUT2D eigenvalue weighted by Gasteiger charge is -2.24. The Morgan fingerprint density at radius 3 is 2.12 bits per heavy atom. The number of amides is 1. The maximum atomic E-state index is 12.4. The van der Waals surface area contributed by atoms with Gasteiger partial charge in [-0.05, 0) is 61.4 Å². The van der Waals surface area contributed by atoms with E-state index in [-0.39, 0.29) is 6.54 Å². The zero-order valence-electron chi connectivity index (χ0n) is 14.0. The maximum Gasteiger partial charge on any atom is 0.245 e. The fourth-order valence-corrected chi connectivity index (χ4v) is 3.73. The van der Waals surface area contributed by atoms with Gasteiger partial charge < -0.3 is 5.32 Å². The highest BCUT2D eigenvalue weighted by Crippen LogP contribution is 2.26. The first-order chi connectivity index (χ1) is 11.6. The van der Waals surface area contributed by atoms with E-state index in [1.165, 1.54) is 0 Å². The first-order valence-corrected chi connectivity index (χ1v) is 9.98. The number of sulfonamides is 1. The number of anilines is 2. The van der Waals surface area contributed by atoms with E-state index in [0.717, 1.165) is 16.1 Å². The molecule has 5 nitrogen and oxygen atoms in total. The third-order valence-electron chi connectivity index (χ3n) is 3.58. The third kappa shape index (κ3) is 5.11. The van der Waals surface area contributed by atoms with Crippen molar-refractivity contribution in [2.24, 2.45) is 0 Å². The molecule has 0 radical (unpaired) electrons. The van der Waals surface area contributed by atoms with Crippen molar-refractivity contribution in [1.29, 1.82) is 0 Å². The number of carbonyl (C=O) groups is 1. The number of carbonyl (C=O) groups excluding carboxylic acids is 1. The standard InChI is InChI=1S/C17H18Cl2N2O3S/c1-11-8-13(18)4-6-15(11)20-17(22)10-21(25(3,23)24)16-7-5-14(19)9-12(16)2/h4-9H,10H2,1-3H3,(H,20,22). The van der Waals surface area contributed by atoms with Crippen molar-refractivity contribution in [1.82, 2.24) is 0 Å². The highest BCUT2D eigenvalue weighted by molar-refractivity contribution is 7.92. The molecule has 2 aromatic rings. The SMILES string of the molecule is Cc1cc(Cl)ccc1NC(=O)CN(c1ccc(Cl)cc1C)S(C)(=O)=O. The van der Waals surface area contributed by atoms with Gasteiger partial charge in [0, 0.05) is 15.7 Å². The summed E-state index contributed by atoms with van der Waals surface area (Å²) in [5.74, 6) is -0.454. The topological polar surface area (TPSA) is 66.5 Å². The zero-order valence-corrected chi connectivity index (χ0v) is 16.3. The van der Waals surface area contributed by atoms with E-state index in [2.05, 4.69) is 5.32 Å². The van der Waals surface area contributed by atoms with Gasteiger partial charge in [0.2, 0.25) is 15.9 Å². The Balaban J connectivity index is 2.27. The second-order valence-corrected chi connectivity index (χ2v) is 8.49. The van der Waals surface area contributed by atoms with E-state index in [4.69, 9.17) is 23.2 Å². The van der Waals surface area contributed by atoms with Crippen LogP contribution < -0.4 is 9.62 Å². The molecule has 1 amide bonds. The van der Waals surface area contributed by atoms with Crippen molar-refractivity contribution < 1.29 is 13.2 Å². The lowest BCUT2D eigenvalue weighted by atomic mass is 10.2. The summed E-state index contributed by atoms with van der Waals surface area (Å²) in [7, 11) is -3.65. The monoisotopic (exact) mass is 400 g/mol. The summed E-state index contributed by atoms with van der Waals surface area (Å²) in [5, 5.41) is 3.77. The molecule has 0 aliphatic rings. The molecule has 0 saturated carbocycles. The van der Waals surface area contributed by atoms with E-state index in [0.29, 0.717) is 27.0 Å². The normalized spacial score (nSPS) is 11.2. The Morgan fingerprint density at radius 1 is 1.04 bits per heavy atom. The number of benzene rings is 2. The Hall–Kier alpha value is -1.76. The number of rotatable bonds is 5. The van der Waals surface area contributed by atoms with Crippen LogP contribution in [0.3, 0.4) is 0 Å². The van der Waals surface area contributed by atoms with Crippen LogP contribution in [0.15, 0.2) is 36.4 Å². The molecule has 8 heteroatoms. The molecule has 0 heterocycles. The van der Waals surface area contributed by atoms with E-state index < -0.39 is 15.9 Å². The van der Waals surface area contributed by atoms with E-state index >= 15 is 0 Å². The molecule has 2 aromatic carbocycles. The molecule has 0 bridgehead atoms. The molecule has 1 N–H and O–H groups in total. The molecular formula is C17H18Cl2N2O3S. The van der Waals surface area contributed by atoms with Crippen molar-refractivity contribution in [3.05, 3.63) is 57.6 Å². The molecule has 0 aliphatic heterocycles. The van der Waals surface area contributed by atoms with E-state index in [9.17, 15) is 13.2 Å². The molecule has 0 aliphatic carbocycles. The van der Waals surface area contributed by atoms with Crippen LogP contribution in [0, 0.1) is 13.8 Å². The van der Waals surface area contributed by atoms with Crippen molar-refractivity contribution in [2.75, 3.05) is 22.4 Å². The van der Waals surface area contributed by atoms with Gasteiger partial charge in [-0.25, -0.2) is 8.42 Å². The van der Waals surface area contributed by atoms with Crippen molar-refractivity contribution in [3.63, 3.8) is 0 Å². The first kappa shape index (κ1) is 19.6. The van der Waals surface area contributed by atoms with Crippen LogP contribution >= 0.6 is 23.2 Å². The molecule has 25 heavy (non-hydrogen) atoms. The van der Waals surface area contributed by atoms with Gasteiger partial charge in [0.25, 0.3) is 0 Å². The number of aryl methyl sites for hydroxylation is 2. The molecule has 0 atom stereocenters. The average molecular weight is 401 g/mol. The highest BCUT2D eigenvalue weighted by Gasteiger charge is 2.22. The molecule has 134 valence electrons. The van der Waals surface area contributed by atoms with Gasteiger partial charge >= 0.3 is 0 Å². The number of nitrogens with one attached hydrogen (secondary N) is 1. The minimum atomic E-state index is -3.65. The van der Waals surface area contributed by atoms with Crippen LogP contribution in [0.25, 0.3) is 0 Å². The summed E-state index contributed by atoms with van der Waals surface area (Å²) in [6.45, 7) is 3.20. The van der Waals surface area contributed by atoms with Crippen molar-refractivity contribution in [2.45, 2.75) is 13.8 Å². The van der Waals surface area contributed by atoms with Crippen molar-refractivity contribution >= 4 is 50.5 Å². The minimum absolute atomic E-state index is 0.344. The first-order valence-electron chi connectivity index (χ1n) is 7.38. The summed E-state index contributed by atoms with van der Waals surface area (Å²) < 4.78 is 25.4. The maximum absolute atomic E-state index is 12.4. The lowest BCUT2D eigenvalue weighted by Crippen LogP contribution is -2.38. The number of hydrogen-bond acceptors (Lipinski definition) is 3. The lowest BCUT2D eigenvalue weighted by molar-refractivity contribution is -0.114. The molecule has 0 spiro atoms. The van der Waals surface area contributed by atoms with Gasteiger partial charge in [-0.3, -0.25) is 9.10 Å². The Labute approximate surface area is 157 Å². The summed E-state index contributed by atoms with van der Waals surface area (Å²) in [4.78, 5) is 12.4. The fourth-order valence-electron chi connectivity index (χ4n) is 2.37. The van der Waals surface area contributed by atoms with Gasteiger partial charge in [0.15, 0.2) is 0 Å². The third-order valence-corrected chi connectivity index (χ3v) is 5.17. The Morgan fingerprint density at radius 2 is 1.60 bits per heavy atom. The molecule has 2 rings (SSSR count). The van der Waals surface area contributed by atoms with E-state index in [1.807, 2.05) is 0 Å². The second kappa shape index (κ2) is 7.64. The highest BCUT2D eigenvalue weighted by atomic mass is 35.5. The largest absolute Gasteiger partial charge is 0.324 e. The van der Waals surface area contributed by atoms with Gasteiger partial charge in [-0.2, -0.15) is 0 Å². The summed E-state index contributed by atoms with van der Waals surface area (Å²) in [6, 6.07) is 9.86. The summed E-state index contributed by atoms with van der Waals surface area (Å²) >= 11 is 11.8. The summed E-state index contributed by atoms with van der Waals surface area (Å²) in [6.07, 6.45) is 1.06. The predicted octanol–water partition coefficient (Wildman–Crippen LogP) is 4.01. The molecule has 0 fully saturated rings. The van der Waals surface area contributed by atoms with E-state index in [1.54, 1.807) is 50.2 Å². The average Bonchev–Trinajstić information content (AvgIpc) is 2.47. The van der Waals surface area contributed by atoms with Crippen molar-refractivity contribution in [3.8, 4) is 0 Å². The zero-order chi connectivity index (χ0) is 18.8. The van der Waals surface area contributed by atoms with Crippen LogP contribution in [0.1, 0.15) is 11.1 Å². The van der Waals surface area contributed by atoms with Gasteiger partial charge in [-0.1, -0.05) is 23.2 Å². The van der Waals surface area contributed by atoms with Crippen LogP contribution in [-0.4, -0.2) is 27.1 Å². The van der Waals surface area contributed by atoms with Gasteiger partial charge in [-0.15, -0.1) is 0 Å². The van der Waals surface area contributed by atoms with Crippen LogP contribution in [0.4, 0.5) is 11.4 Å². The quantitative estimate of drug-likeness (QED) is 0.823. The Kier molecular flexibility index (Phi) is 5.98. The van der Waals surface area contributed by atoms with Gasteiger partial charge in [0.05, 0.1) is 11.9 Å². The number of halogens is 2. The van der Waals surface area contributed by atoms with Gasteiger partial charge in [0.1, 0.15) is 6.54 Å². The predicted molar refractivity (Wildman–Crippen MR) is 103 cm³/mol. The number of nitrogens with zero attached hydrogens (tertiary/aromatic N) is 1. The molecular weight excluding hydrogens is 383 g/mol. The molecule has 0 saturated heterocycles. The van der Waals surface area contributed by atoms with Crippen LogP contribution in [-0.2, 0) is 14.8 Å². The molecule has 0 aromatic heterocycles. The minimum Gasteiger partial charge on any atom is -0.324 e. The smallest absolute Gasteiger partial charge is 0.245 e. The summed E-state index contributed by atoms with van der Waals surface area (Å²) in [5.41, 5.74) is 2.44. The second-order valence-electron chi connectivity index (χ2n) is 5.71. The fraction of sp³-hybridized carbons (Fsp3) is 0.235. The number of hydrogen-bond donors (Lipinski definition) is 1.